The van der Waals surface area contributed by atoms with E-state index in [2.05, 4.69) is 0 Å². The van der Waals surface area contributed by atoms with Crippen molar-refractivity contribution in [3.05, 3.63) is 89.0 Å². The number of benzene rings is 2. The maximum atomic E-state index is 11.8. The number of hydrogen-bond donors (Lipinski definition) is 0. The molecule has 0 radical (unpaired) electrons. The van der Waals surface area contributed by atoms with E-state index >= 15 is 0 Å². The van der Waals surface area contributed by atoms with Gasteiger partial charge in [-0.15, -0.1) is 0 Å². The highest BCUT2D eigenvalue weighted by Crippen LogP contribution is 2.10. The summed E-state index contributed by atoms with van der Waals surface area (Å²) in [5, 5.41) is 0.715. The molecule has 2 rings (SSSR count). The average Bonchev–Trinajstić information content (AvgIpc) is 2.46. The first-order valence-corrected chi connectivity index (χ1v) is 6.33. The molecule has 0 unspecified atom stereocenters. The van der Waals surface area contributed by atoms with Crippen molar-refractivity contribution in [2.45, 2.75) is 0 Å². The van der Waals surface area contributed by atoms with Crippen molar-refractivity contribution in [2.24, 2.45) is 0 Å². The Bertz CT molecular complexity index is 595. The normalized spacial score (nSPS) is 11.2. The molecule has 0 bridgehead atoms. The molecule has 0 aliphatic heterocycles. The molecule has 94 valence electrons. The van der Waals surface area contributed by atoms with Gasteiger partial charge in [-0.05, 0) is 23.8 Å². The first kappa shape index (κ1) is 13.3. The number of allylic oxidation sites excluding steroid dienone is 3. The predicted molar refractivity (Wildman–Crippen MR) is 80.4 cm³/mol. The van der Waals surface area contributed by atoms with Crippen LogP contribution in [-0.4, -0.2) is 5.78 Å². The van der Waals surface area contributed by atoms with E-state index in [1.54, 1.807) is 24.3 Å². The zero-order valence-electron chi connectivity index (χ0n) is 10.3. The molecule has 0 N–H and O–H groups in total. The fourth-order valence-corrected chi connectivity index (χ4v) is 1.71. The smallest absolute Gasteiger partial charge is 0.185 e. The Morgan fingerprint density at radius 3 is 2.26 bits per heavy atom. The Labute approximate surface area is 117 Å². The molecule has 0 aliphatic carbocycles. The minimum Gasteiger partial charge on any atom is -0.289 e. The first-order chi connectivity index (χ1) is 9.25. The van der Waals surface area contributed by atoms with Crippen molar-refractivity contribution in [1.29, 1.82) is 0 Å². The molecule has 0 atom stereocenters. The number of carbonyl (C=O) groups excluding carboxylic acids is 1. The summed E-state index contributed by atoms with van der Waals surface area (Å²) in [6.07, 6.45) is 7.06. The molecule has 0 heterocycles. The van der Waals surface area contributed by atoms with Crippen molar-refractivity contribution in [3.63, 3.8) is 0 Å². The Kier molecular flexibility index (Phi) is 4.71. The van der Waals surface area contributed by atoms with Crippen LogP contribution in [0.4, 0.5) is 0 Å². The van der Waals surface area contributed by atoms with Crippen LogP contribution in [-0.2, 0) is 0 Å². The van der Waals surface area contributed by atoms with Crippen LogP contribution < -0.4 is 0 Å². The second kappa shape index (κ2) is 6.72. The van der Waals surface area contributed by atoms with Crippen LogP contribution in [0, 0.1) is 0 Å². The molecule has 0 amide bonds. The van der Waals surface area contributed by atoms with Gasteiger partial charge in [0, 0.05) is 10.6 Å². The van der Waals surface area contributed by atoms with Crippen molar-refractivity contribution >= 4 is 23.5 Å². The zero-order chi connectivity index (χ0) is 13.5. The van der Waals surface area contributed by atoms with Gasteiger partial charge in [0.25, 0.3) is 0 Å². The van der Waals surface area contributed by atoms with Gasteiger partial charge >= 0.3 is 0 Å². The summed E-state index contributed by atoms with van der Waals surface area (Å²) in [4.78, 5) is 11.8. The Morgan fingerprint density at radius 2 is 1.58 bits per heavy atom. The second-order valence-corrected chi connectivity index (χ2v) is 4.44. The number of ketones is 1. The van der Waals surface area contributed by atoms with E-state index in [4.69, 9.17) is 11.6 Å². The molecule has 2 heteroatoms. The molecular formula is C17H13ClO. The van der Waals surface area contributed by atoms with Gasteiger partial charge in [-0.25, -0.2) is 0 Å². The minimum atomic E-state index is 0.00126. The maximum Gasteiger partial charge on any atom is 0.185 e. The zero-order valence-corrected chi connectivity index (χ0v) is 11.0. The molecule has 0 fully saturated rings. The highest BCUT2D eigenvalue weighted by molar-refractivity contribution is 6.30. The standard InChI is InChI=1S/C17H13ClO/c18-16-12-10-14(11-13-16)6-4-5-9-17(19)15-7-2-1-3-8-15/h1-13H. The third-order valence-electron chi connectivity index (χ3n) is 2.58. The van der Waals surface area contributed by atoms with E-state index in [9.17, 15) is 4.79 Å². The van der Waals surface area contributed by atoms with Crippen LogP contribution in [0.5, 0.6) is 0 Å². The van der Waals surface area contributed by atoms with Gasteiger partial charge in [0.2, 0.25) is 0 Å². The molecule has 19 heavy (non-hydrogen) atoms. The third kappa shape index (κ3) is 4.23. The largest absolute Gasteiger partial charge is 0.289 e. The fraction of sp³-hybridized carbons (Fsp3) is 0. The minimum absolute atomic E-state index is 0.00126. The van der Waals surface area contributed by atoms with Crippen molar-refractivity contribution in [3.8, 4) is 0 Å². The predicted octanol–water partition coefficient (Wildman–Crippen LogP) is 4.79. The number of hydrogen-bond acceptors (Lipinski definition) is 1. The van der Waals surface area contributed by atoms with Gasteiger partial charge in [0.15, 0.2) is 5.78 Å². The van der Waals surface area contributed by atoms with Crippen LogP contribution in [0.15, 0.2) is 72.8 Å². The Hall–Kier alpha value is -2.12. The number of carbonyl (C=O) groups is 1. The summed E-state index contributed by atoms with van der Waals surface area (Å²) in [5.41, 5.74) is 1.74. The summed E-state index contributed by atoms with van der Waals surface area (Å²) < 4.78 is 0. The van der Waals surface area contributed by atoms with Gasteiger partial charge in [0.05, 0.1) is 0 Å². The lowest BCUT2D eigenvalue weighted by Crippen LogP contribution is -1.92. The monoisotopic (exact) mass is 268 g/mol. The van der Waals surface area contributed by atoms with Gasteiger partial charge in [0.1, 0.15) is 0 Å². The van der Waals surface area contributed by atoms with Gasteiger partial charge in [-0.3, -0.25) is 4.79 Å². The summed E-state index contributed by atoms with van der Waals surface area (Å²) in [7, 11) is 0. The van der Waals surface area contributed by atoms with Crippen molar-refractivity contribution in [2.75, 3.05) is 0 Å². The number of rotatable bonds is 4. The molecule has 2 aromatic rings. The van der Waals surface area contributed by atoms with Gasteiger partial charge in [-0.2, -0.15) is 0 Å². The van der Waals surface area contributed by atoms with Crippen molar-refractivity contribution in [1.82, 2.24) is 0 Å². The van der Waals surface area contributed by atoms with E-state index in [1.165, 1.54) is 0 Å². The second-order valence-electron chi connectivity index (χ2n) is 4.00. The van der Waals surface area contributed by atoms with Crippen molar-refractivity contribution < 1.29 is 4.79 Å². The lowest BCUT2D eigenvalue weighted by molar-refractivity contribution is 0.104. The van der Waals surface area contributed by atoms with Crippen LogP contribution >= 0.6 is 11.6 Å². The van der Waals surface area contributed by atoms with E-state index < -0.39 is 0 Å². The maximum absolute atomic E-state index is 11.8. The topological polar surface area (TPSA) is 17.1 Å². The van der Waals surface area contributed by atoms with E-state index in [1.807, 2.05) is 54.6 Å². The van der Waals surface area contributed by atoms with Crippen LogP contribution in [0.1, 0.15) is 15.9 Å². The molecule has 0 spiro atoms. The van der Waals surface area contributed by atoms with E-state index in [-0.39, 0.29) is 5.78 Å². The molecule has 1 nitrogen and oxygen atoms in total. The summed E-state index contributed by atoms with van der Waals surface area (Å²) in [6, 6.07) is 16.7. The Balaban J connectivity index is 1.97. The van der Waals surface area contributed by atoms with E-state index in [0.717, 1.165) is 5.56 Å². The molecule has 0 aromatic heterocycles. The summed E-state index contributed by atoms with van der Waals surface area (Å²) in [6.45, 7) is 0. The van der Waals surface area contributed by atoms with Gasteiger partial charge in [-0.1, -0.05) is 72.3 Å². The highest BCUT2D eigenvalue weighted by Gasteiger charge is 1.97. The lowest BCUT2D eigenvalue weighted by Gasteiger charge is -1.93. The third-order valence-corrected chi connectivity index (χ3v) is 2.83. The summed E-state index contributed by atoms with van der Waals surface area (Å²) in [5.74, 6) is 0.00126. The average molecular weight is 269 g/mol. The molecule has 0 saturated heterocycles. The van der Waals surface area contributed by atoms with Crippen LogP contribution in [0.25, 0.3) is 6.08 Å². The summed E-state index contributed by atoms with van der Waals surface area (Å²) >= 11 is 5.80. The molecular weight excluding hydrogens is 256 g/mol. The Morgan fingerprint density at radius 1 is 0.895 bits per heavy atom. The lowest BCUT2D eigenvalue weighted by atomic mass is 10.1. The van der Waals surface area contributed by atoms with E-state index in [0.29, 0.717) is 10.6 Å². The highest BCUT2D eigenvalue weighted by atomic mass is 35.5. The molecule has 2 aromatic carbocycles. The molecule has 0 saturated carbocycles. The van der Waals surface area contributed by atoms with Gasteiger partial charge < -0.3 is 0 Å². The quantitative estimate of drug-likeness (QED) is 0.443. The first-order valence-electron chi connectivity index (χ1n) is 5.95. The number of halogens is 1. The SMILES string of the molecule is O=C(C=CC=Cc1ccc(Cl)cc1)c1ccccc1. The van der Waals surface area contributed by atoms with Crippen LogP contribution in [0.3, 0.4) is 0 Å². The van der Waals surface area contributed by atoms with Crippen LogP contribution in [0.2, 0.25) is 5.02 Å². The molecule has 0 aliphatic rings. The fourth-order valence-electron chi connectivity index (χ4n) is 1.58.